The molecule has 0 aliphatic carbocycles. The number of carboxylic acid groups (broad SMARTS) is 1. The summed E-state index contributed by atoms with van der Waals surface area (Å²) in [6.07, 6.45) is -0.135. The summed E-state index contributed by atoms with van der Waals surface area (Å²) >= 11 is 0. The van der Waals surface area contributed by atoms with Crippen LogP contribution in [0.15, 0.2) is 5.11 Å². The SMILES string of the molecule is CS(=O)(=O)CCC(CN=[N+]=[N-])NC(=O)O. The van der Waals surface area contributed by atoms with Crippen molar-refractivity contribution in [1.29, 1.82) is 0 Å². The molecule has 0 saturated carbocycles. The number of azide groups is 1. The van der Waals surface area contributed by atoms with Crippen LogP contribution in [0.2, 0.25) is 0 Å². The number of nitrogens with zero attached hydrogens (tertiary/aromatic N) is 3. The lowest BCUT2D eigenvalue weighted by molar-refractivity contribution is 0.190. The number of sulfone groups is 1. The van der Waals surface area contributed by atoms with E-state index in [1.807, 2.05) is 0 Å². The maximum atomic E-state index is 10.8. The molecule has 0 aromatic rings. The van der Waals surface area contributed by atoms with Crippen molar-refractivity contribution in [1.82, 2.24) is 5.32 Å². The molecule has 2 N–H and O–H groups in total. The highest BCUT2D eigenvalue weighted by Gasteiger charge is 2.13. The largest absolute Gasteiger partial charge is 0.465 e. The first kappa shape index (κ1) is 13.5. The molecular formula is C6H12N4O4S. The monoisotopic (exact) mass is 236 g/mol. The number of amides is 1. The second kappa shape index (κ2) is 6.10. The number of hydrogen-bond donors (Lipinski definition) is 2. The van der Waals surface area contributed by atoms with Crippen LogP contribution in [0.25, 0.3) is 10.4 Å². The highest BCUT2D eigenvalue weighted by atomic mass is 32.2. The van der Waals surface area contributed by atoms with Crippen LogP contribution in [0, 0.1) is 0 Å². The molecule has 86 valence electrons. The van der Waals surface area contributed by atoms with Gasteiger partial charge in [0.15, 0.2) is 0 Å². The second-order valence-electron chi connectivity index (χ2n) is 2.98. The molecule has 0 aliphatic rings. The Morgan fingerprint density at radius 2 is 2.27 bits per heavy atom. The third-order valence-corrected chi connectivity index (χ3v) is 2.51. The van der Waals surface area contributed by atoms with Gasteiger partial charge in [-0.15, -0.1) is 0 Å². The lowest BCUT2D eigenvalue weighted by Gasteiger charge is -2.13. The predicted molar refractivity (Wildman–Crippen MR) is 53.3 cm³/mol. The van der Waals surface area contributed by atoms with Crippen molar-refractivity contribution in [2.75, 3.05) is 18.6 Å². The average molecular weight is 236 g/mol. The maximum Gasteiger partial charge on any atom is 0.404 e. The summed E-state index contributed by atoms with van der Waals surface area (Å²) in [7, 11) is -3.15. The van der Waals surface area contributed by atoms with Crippen molar-refractivity contribution < 1.29 is 18.3 Å². The first-order valence-corrected chi connectivity index (χ1v) is 6.09. The van der Waals surface area contributed by atoms with Crippen LogP contribution < -0.4 is 5.32 Å². The summed E-state index contributed by atoms with van der Waals surface area (Å²) < 4.78 is 21.6. The fraction of sp³-hybridized carbons (Fsp3) is 0.833. The number of carbonyl (C=O) groups is 1. The minimum atomic E-state index is -3.15. The Hall–Kier alpha value is -1.47. The van der Waals surface area contributed by atoms with E-state index in [-0.39, 0.29) is 18.7 Å². The van der Waals surface area contributed by atoms with Crippen molar-refractivity contribution >= 4 is 15.9 Å². The van der Waals surface area contributed by atoms with Crippen LogP contribution in [0.4, 0.5) is 4.79 Å². The second-order valence-corrected chi connectivity index (χ2v) is 5.24. The highest BCUT2D eigenvalue weighted by Crippen LogP contribution is 1.97. The van der Waals surface area contributed by atoms with Gasteiger partial charge in [0, 0.05) is 23.8 Å². The molecule has 0 aromatic heterocycles. The fourth-order valence-electron chi connectivity index (χ4n) is 0.875. The quantitative estimate of drug-likeness (QED) is 0.391. The zero-order valence-corrected chi connectivity index (χ0v) is 8.94. The van der Waals surface area contributed by atoms with E-state index < -0.39 is 22.0 Å². The molecule has 0 aromatic carbocycles. The van der Waals surface area contributed by atoms with Crippen molar-refractivity contribution in [3.05, 3.63) is 10.4 Å². The van der Waals surface area contributed by atoms with Crippen molar-refractivity contribution in [2.24, 2.45) is 5.11 Å². The van der Waals surface area contributed by atoms with E-state index in [1.54, 1.807) is 0 Å². The van der Waals surface area contributed by atoms with E-state index in [4.69, 9.17) is 10.6 Å². The van der Waals surface area contributed by atoms with E-state index in [0.29, 0.717) is 0 Å². The summed E-state index contributed by atoms with van der Waals surface area (Å²) in [6.45, 7) is -0.0989. The molecule has 9 heteroatoms. The Balaban J connectivity index is 4.24. The summed E-state index contributed by atoms with van der Waals surface area (Å²) in [6, 6.07) is -0.673. The van der Waals surface area contributed by atoms with E-state index >= 15 is 0 Å². The number of hydrogen-bond acceptors (Lipinski definition) is 4. The van der Waals surface area contributed by atoms with E-state index in [9.17, 15) is 13.2 Å². The molecule has 0 radical (unpaired) electrons. The molecule has 0 rings (SSSR count). The van der Waals surface area contributed by atoms with Crippen molar-refractivity contribution in [3.63, 3.8) is 0 Å². The van der Waals surface area contributed by atoms with Gasteiger partial charge in [0.05, 0.1) is 5.75 Å². The minimum Gasteiger partial charge on any atom is -0.465 e. The maximum absolute atomic E-state index is 10.8. The fourth-order valence-corrected chi connectivity index (χ4v) is 1.59. The Morgan fingerprint density at radius 3 is 2.67 bits per heavy atom. The molecule has 0 saturated heterocycles. The van der Waals surface area contributed by atoms with Gasteiger partial charge in [-0.1, -0.05) is 5.11 Å². The van der Waals surface area contributed by atoms with Crippen LogP contribution in [0.1, 0.15) is 6.42 Å². The number of rotatable bonds is 6. The van der Waals surface area contributed by atoms with Gasteiger partial charge in [-0.05, 0) is 12.0 Å². The molecule has 0 fully saturated rings. The van der Waals surface area contributed by atoms with Crippen molar-refractivity contribution in [3.8, 4) is 0 Å². The molecule has 15 heavy (non-hydrogen) atoms. The van der Waals surface area contributed by atoms with E-state index in [1.165, 1.54) is 0 Å². The third-order valence-electron chi connectivity index (χ3n) is 1.53. The van der Waals surface area contributed by atoms with Gasteiger partial charge in [0.25, 0.3) is 0 Å². The molecule has 0 aliphatic heterocycles. The molecule has 1 unspecified atom stereocenters. The molecule has 0 bridgehead atoms. The minimum absolute atomic E-state index is 0.0875. The zero-order valence-electron chi connectivity index (χ0n) is 8.12. The summed E-state index contributed by atoms with van der Waals surface area (Å²) in [5.41, 5.74) is 8.04. The first-order chi connectivity index (χ1) is 6.85. The Kier molecular flexibility index (Phi) is 5.50. The van der Waals surface area contributed by atoms with E-state index in [2.05, 4.69) is 15.3 Å². The molecule has 0 spiro atoms. The average Bonchev–Trinajstić information content (AvgIpc) is 2.07. The summed E-state index contributed by atoms with van der Waals surface area (Å²) in [5, 5.41) is 13.7. The van der Waals surface area contributed by atoms with Gasteiger partial charge >= 0.3 is 6.09 Å². The van der Waals surface area contributed by atoms with Crippen LogP contribution in [0.3, 0.4) is 0 Å². The van der Waals surface area contributed by atoms with Gasteiger partial charge in [-0.2, -0.15) is 0 Å². The standard InChI is InChI=1S/C6H12N4O4S/c1-15(13,14)3-2-5(4-8-10-7)9-6(11)12/h5,9H,2-4H2,1H3,(H,11,12). The summed E-state index contributed by atoms with van der Waals surface area (Å²) in [5.74, 6) is -0.154. The summed E-state index contributed by atoms with van der Waals surface area (Å²) in [4.78, 5) is 12.8. The topological polar surface area (TPSA) is 132 Å². The van der Waals surface area contributed by atoms with E-state index in [0.717, 1.165) is 6.26 Å². The van der Waals surface area contributed by atoms with Crippen LogP contribution in [-0.4, -0.2) is 44.2 Å². The lowest BCUT2D eigenvalue weighted by atomic mass is 10.2. The zero-order chi connectivity index (χ0) is 11.9. The highest BCUT2D eigenvalue weighted by molar-refractivity contribution is 7.90. The van der Waals surface area contributed by atoms with Gasteiger partial charge in [0.1, 0.15) is 9.84 Å². The van der Waals surface area contributed by atoms with Gasteiger partial charge in [-0.25, -0.2) is 13.2 Å². The van der Waals surface area contributed by atoms with Crippen molar-refractivity contribution in [2.45, 2.75) is 12.5 Å². The Labute approximate surface area is 86.8 Å². The lowest BCUT2D eigenvalue weighted by Crippen LogP contribution is -2.37. The molecule has 1 amide bonds. The number of nitrogens with one attached hydrogen (secondary N) is 1. The Morgan fingerprint density at radius 1 is 1.67 bits per heavy atom. The van der Waals surface area contributed by atoms with Gasteiger partial charge in [0.2, 0.25) is 0 Å². The van der Waals surface area contributed by atoms with Crippen LogP contribution in [-0.2, 0) is 9.84 Å². The Bertz CT molecular complexity index is 355. The van der Waals surface area contributed by atoms with Crippen LogP contribution in [0.5, 0.6) is 0 Å². The predicted octanol–water partition coefficient (Wildman–Crippen LogP) is 0.368. The van der Waals surface area contributed by atoms with Gasteiger partial charge < -0.3 is 10.4 Å². The molecule has 8 nitrogen and oxygen atoms in total. The normalized spacial score (nSPS) is 12.6. The smallest absolute Gasteiger partial charge is 0.404 e. The molecule has 1 atom stereocenters. The first-order valence-electron chi connectivity index (χ1n) is 4.03. The molecular weight excluding hydrogens is 224 g/mol. The van der Waals surface area contributed by atoms with Gasteiger partial charge in [-0.3, -0.25) is 0 Å². The van der Waals surface area contributed by atoms with Crippen LogP contribution >= 0.6 is 0 Å². The molecule has 0 heterocycles. The third kappa shape index (κ3) is 8.85.